The molecule has 0 rings (SSSR count). The second kappa shape index (κ2) is 10.6. The molecule has 0 aromatic rings. The van der Waals surface area contributed by atoms with E-state index in [-0.39, 0.29) is 41.9 Å². The van der Waals surface area contributed by atoms with Crippen molar-refractivity contribution in [2.24, 2.45) is 0 Å². The summed E-state index contributed by atoms with van der Waals surface area (Å²) in [5.74, 6) is -1.11. The minimum Gasteiger partial charge on any atom is -0.548 e. The zero-order valence-electron chi connectivity index (χ0n) is 9.84. The summed E-state index contributed by atoms with van der Waals surface area (Å²) >= 11 is 0. The Morgan fingerprint density at radius 1 is 1.33 bits per heavy atom. The molecule has 0 unspecified atom stereocenters. The molecule has 0 amide bonds. The van der Waals surface area contributed by atoms with Gasteiger partial charge in [0, 0.05) is 12.5 Å². The van der Waals surface area contributed by atoms with Crippen LogP contribution in [0.1, 0.15) is 39.5 Å². The molecule has 0 aliphatic carbocycles. The fourth-order valence-corrected chi connectivity index (χ4v) is 1.01. The molecule has 0 fully saturated rings. The van der Waals surface area contributed by atoms with E-state index in [1.54, 1.807) is 0 Å². The molecule has 0 aromatic carbocycles. The van der Waals surface area contributed by atoms with Gasteiger partial charge in [0.1, 0.15) is 5.78 Å². The normalized spacial score (nSPS) is 11.6. The molecule has 15 heavy (non-hydrogen) atoms. The number of carbonyl (C=O) groups is 2. The number of Topliss-reactive ketones (excluding diaryl/α,β-unsaturated/α-hetero) is 1. The van der Waals surface area contributed by atoms with Gasteiger partial charge in [-0.15, -0.1) is 0 Å². The van der Waals surface area contributed by atoms with Gasteiger partial charge in [0.05, 0.1) is 12.5 Å². The van der Waals surface area contributed by atoms with E-state index in [4.69, 9.17) is 0 Å². The molecule has 0 saturated heterocycles. The number of rotatable bonds is 8. The van der Waals surface area contributed by atoms with Crippen LogP contribution in [-0.2, 0) is 9.59 Å². The first-order valence-electron chi connectivity index (χ1n) is 5.03. The summed E-state index contributed by atoms with van der Waals surface area (Å²) in [6, 6.07) is -0.759. The van der Waals surface area contributed by atoms with Gasteiger partial charge in [-0.1, -0.05) is 19.8 Å². The van der Waals surface area contributed by atoms with Crippen LogP contribution in [0.2, 0.25) is 0 Å². The molecule has 1 atom stereocenters. The average Bonchev–Trinajstić information content (AvgIpc) is 2.14. The Morgan fingerprint density at radius 2 is 1.93 bits per heavy atom. The van der Waals surface area contributed by atoms with Crippen LogP contribution in [0.3, 0.4) is 0 Å². The number of ketones is 1. The number of carboxylic acid groups (broad SMARTS) is 1. The first-order chi connectivity index (χ1) is 6.57. The standard InChI is InChI=1S/C10H19NO3.Na/c1-3-4-5-6-9(12)7-11-8(2)10(13)14;/h8,11H,3-7H2,1-2H3,(H,13,14);/q;+1/p-1/t8-;/m0./s1. The second-order valence-corrected chi connectivity index (χ2v) is 3.42. The van der Waals surface area contributed by atoms with Crippen LogP contribution in [0.25, 0.3) is 0 Å². The minimum absolute atomic E-state index is 0. The van der Waals surface area contributed by atoms with Crippen molar-refractivity contribution in [3.63, 3.8) is 0 Å². The van der Waals surface area contributed by atoms with E-state index >= 15 is 0 Å². The molecule has 0 spiro atoms. The molecule has 0 aliphatic heterocycles. The van der Waals surface area contributed by atoms with Gasteiger partial charge < -0.3 is 15.2 Å². The Kier molecular flexibility index (Phi) is 12.4. The van der Waals surface area contributed by atoms with Gasteiger partial charge in [-0.2, -0.15) is 0 Å². The summed E-state index contributed by atoms with van der Waals surface area (Å²) in [6.45, 7) is 3.66. The van der Waals surface area contributed by atoms with E-state index in [1.807, 2.05) is 0 Å². The summed E-state index contributed by atoms with van der Waals surface area (Å²) in [7, 11) is 0. The first-order valence-corrected chi connectivity index (χ1v) is 5.03. The fourth-order valence-electron chi connectivity index (χ4n) is 1.01. The Morgan fingerprint density at radius 3 is 2.40 bits per heavy atom. The smallest absolute Gasteiger partial charge is 0.548 e. The van der Waals surface area contributed by atoms with Crippen molar-refractivity contribution in [2.75, 3.05) is 6.54 Å². The number of hydrogen-bond acceptors (Lipinski definition) is 4. The van der Waals surface area contributed by atoms with Gasteiger partial charge in [0.15, 0.2) is 0 Å². The third-order valence-electron chi connectivity index (χ3n) is 2.02. The number of nitrogens with one attached hydrogen (secondary N) is 1. The fraction of sp³-hybridized carbons (Fsp3) is 0.800. The Bertz CT molecular complexity index is 197. The molecule has 0 bridgehead atoms. The van der Waals surface area contributed by atoms with Crippen LogP contribution in [0.5, 0.6) is 0 Å². The van der Waals surface area contributed by atoms with Crippen molar-refractivity contribution in [3.05, 3.63) is 0 Å². The molecular weight excluding hydrogens is 205 g/mol. The summed E-state index contributed by atoms with van der Waals surface area (Å²) < 4.78 is 0. The molecule has 0 aromatic heterocycles. The van der Waals surface area contributed by atoms with Crippen LogP contribution in [0, 0.1) is 0 Å². The van der Waals surface area contributed by atoms with E-state index < -0.39 is 12.0 Å². The average molecular weight is 223 g/mol. The minimum atomic E-state index is -1.17. The SMILES string of the molecule is CCCCCC(=O)CN[C@@H](C)C(=O)[O-].[Na+]. The predicted octanol–water partition coefficient (Wildman–Crippen LogP) is -3.13. The second-order valence-electron chi connectivity index (χ2n) is 3.42. The Labute approximate surface area is 113 Å². The maximum absolute atomic E-state index is 11.2. The number of carboxylic acids is 1. The largest absolute Gasteiger partial charge is 1.00 e. The summed E-state index contributed by atoms with van der Waals surface area (Å²) in [4.78, 5) is 21.5. The zero-order valence-corrected chi connectivity index (χ0v) is 11.8. The van der Waals surface area contributed by atoms with Crippen LogP contribution >= 0.6 is 0 Å². The maximum Gasteiger partial charge on any atom is 1.00 e. The van der Waals surface area contributed by atoms with Crippen molar-refractivity contribution in [1.29, 1.82) is 0 Å². The monoisotopic (exact) mass is 223 g/mol. The molecule has 4 nitrogen and oxygen atoms in total. The molecule has 0 aliphatic rings. The van der Waals surface area contributed by atoms with Gasteiger partial charge in [-0.3, -0.25) is 4.79 Å². The van der Waals surface area contributed by atoms with Crippen molar-refractivity contribution in [3.8, 4) is 0 Å². The molecule has 1 N–H and O–H groups in total. The number of unbranched alkanes of at least 4 members (excludes halogenated alkanes) is 2. The number of aliphatic carboxylic acids is 1. The summed E-state index contributed by atoms with van der Waals surface area (Å²) in [5.41, 5.74) is 0. The third-order valence-corrected chi connectivity index (χ3v) is 2.02. The molecule has 5 heteroatoms. The molecule has 0 saturated carbocycles. The topological polar surface area (TPSA) is 69.2 Å². The van der Waals surface area contributed by atoms with Crippen LogP contribution in [-0.4, -0.2) is 24.3 Å². The predicted molar refractivity (Wildman–Crippen MR) is 51.6 cm³/mol. The van der Waals surface area contributed by atoms with Crippen LogP contribution < -0.4 is 40.0 Å². The third kappa shape index (κ3) is 10.4. The van der Waals surface area contributed by atoms with Crippen molar-refractivity contribution < 1.29 is 44.3 Å². The van der Waals surface area contributed by atoms with Gasteiger partial charge >= 0.3 is 29.6 Å². The van der Waals surface area contributed by atoms with E-state index in [9.17, 15) is 14.7 Å². The van der Waals surface area contributed by atoms with Gasteiger partial charge in [0.25, 0.3) is 0 Å². The van der Waals surface area contributed by atoms with Crippen molar-refractivity contribution in [1.82, 2.24) is 5.32 Å². The molecule has 0 radical (unpaired) electrons. The quantitative estimate of drug-likeness (QED) is 0.349. The van der Waals surface area contributed by atoms with E-state index in [2.05, 4.69) is 12.2 Å². The maximum atomic E-state index is 11.2. The van der Waals surface area contributed by atoms with Gasteiger partial charge in [0.2, 0.25) is 0 Å². The molecule has 82 valence electrons. The van der Waals surface area contributed by atoms with Crippen molar-refractivity contribution >= 4 is 11.8 Å². The van der Waals surface area contributed by atoms with E-state index in [0.717, 1.165) is 19.3 Å². The summed E-state index contributed by atoms with van der Waals surface area (Å²) in [6.07, 6.45) is 3.54. The van der Waals surface area contributed by atoms with Crippen LogP contribution in [0.4, 0.5) is 0 Å². The molecular formula is C10H18NNaO3. The first kappa shape index (κ1) is 17.5. The number of carbonyl (C=O) groups excluding carboxylic acids is 2. The number of hydrogen-bond donors (Lipinski definition) is 1. The Balaban J connectivity index is 0. The molecule has 0 heterocycles. The zero-order chi connectivity index (χ0) is 11.0. The van der Waals surface area contributed by atoms with Crippen molar-refractivity contribution in [2.45, 2.75) is 45.6 Å². The van der Waals surface area contributed by atoms with E-state index in [1.165, 1.54) is 6.92 Å². The Hall–Kier alpha value is 0.100. The summed E-state index contributed by atoms with van der Waals surface area (Å²) in [5, 5.41) is 12.9. The van der Waals surface area contributed by atoms with E-state index in [0.29, 0.717) is 6.42 Å². The van der Waals surface area contributed by atoms with Gasteiger partial charge in [-0.25, -0.2) is 0 Å². The van der Waals surface area contributed by atoms with Gasteiger partial charge in [-0.05, 0) is 13.3 Å². The van der Waals surface area contributed by atoms with Crippen LogP contribution in [0.15, 0.2) is 0 Å².